The fraction of sp³-hybridized carbons (Fsp3) is 0.333. The Bertz CT molecular complexity index is 1190. The van der Waals surface area contributed by atoms with E-state index in [-0.39, 0.29) is 10.3 Å². The molecule has 1 heterocycles. The average Bonchev–Trinajstić information content (AvgIpc) is 2.98. The zero-order valence-corrected chi connectivity index (χ0v) is 20.1. The van der Waals surface area contributed by atoms with Gasteiger partial charge in [0.2, 0.25) is 10.0 Å². The van der Waals surface area contributed by atoms with E-state index in [1.54, 1.807) is 0 Å². The Morgan fingerprint density at radius 1 is 1.12 bits per heavy atom. The maximum atomic E-state index is 12.5. The van der Waals surface area contributed by atoms with Crippen molar-refractivity contribution in [2.45, 2.75) is 37.1 Å². The van der Waals surface area contributed by atoms with Crippen LogP contribution in [0.25, 0.3) is 0 Å². The van der Waals surface area contributed by atoms with Crippen LogP contribution in [0, 0.1) is 0 Å². The number of nitrogens with one attached hydrogen (secondary N) is 1. The van der Waals surface area contributed by atoms with Crippen molar-refractivity contribution in [3.05, 3.63) is 65.9 Å². The van der Waals surface area contributed by atoms with Gasteiger partial charge >= 0.3 is 5.97 Å². The molecule has 1 aliphatic rings. The Hall–Kier alpha value is -3.17. The molecule has 0 saturated carbocycles. The lowest BCUT2D eigenvalue weighted by atomic mass is 9.83. The first-order valence-electron chi connectivity index (χ1n) is 10.4. The number of ketones is 1. The second kappa shape index (κ2) is 9.36. The van der Waals surface area contributed by atoms with Crippen LogP contribution in [0.1, 0.15) is 26.3 Å². The Labute approximate surface area is 194 Å². The van der Waals surface area contributed by atoms with Crippen molar-refractivity contribution in [1.29, 1.82) is 0 Å². The highest BCUT2D eigenvalue weighted by molar-refractivity contribution is 7.89. The molecule has 8 nitrogen and oxygen atoms in total. The van der Waals surface area contributed by atoms with Crippen molar-refractivity contribution in [3.63, 3.8) is 0 Å². The Kier molecular flexibility index (Phi) is 6.94. The van der Waals surface area contributed by atoms with Crippen LogP contribution in [-0.4, -0.2) is 47.0 Å². The lowest BCUT2D eigenvalue weighted by Gasteiger charge is -2.24. The van der Waals surface area contributed by atoms with Gasteiger partial charge in [-0.15, -0.1) is 0 Å². The second-order valence-corrected chi connectivity index (χ2v) is 10.0. The molecule has 2 aromatic carbocycles. The van der Waals surface area contributed by atoms with Crippen LogP contribution in [0.5, 0.6) is 5.75 Å². The van der Waals surface area contributed by atoms with Crippen molar-refractivity contribution >= 4 is 27.5 Å². The van der Waals surface area contributed by atoms with Gasteiger partial charge in [-0.1, -0.05) is 32.0 Å². The summed E-state index contributed by atoms with van der Waals surface area (Å²) in [4.78, 5) is 26.8. The number of carbonyl (C=O) groups excluding carboxylic acids is 2. The summed E-state index contributed by atoms with van der Waals surface area (Å²) in [5.41, 5.74) is 2.52. The molecule has 1 atom stereocenters. The van der Waals surface area contributed by atoms with Crippen LogP contribution >= 0.6 is 0 Å². The summed E-state index contributed by atoms with van der Waals surface area (Å²) in [6.07, 6.45) is 1.47. The molecule has 0 radical (unpaired) electrons. The van der Waals surface area contributed by atoms with Crippen LogP contribution in [0.15, 0.2) is 65.2 Å². The maximum absolute atomic E-state index is 12.5. The first kappa shape index (κ1) is 24.5. The summed E-state index contributed by atoms with van der Waals surface area (Å²) < 4.78 is 37.3. The summed E-state index contributed by atoms with van der Waals surface area (Å²) in [6, 6.07) is 12.5. The number of para-hydroxylation sites is 1. The van der Waals surface area contributed by atoms with Gasteiger partial charge in [0.1, 0.15) is 11.8 Å². The van der Waals surface area contributed by atoms with Gasteiger partial charge in [0.25, 0.3) is 0 Å². The van der Waals surface area contributed by atoms with E-state index < -0.39 is 34.4 Å². The molecule has 176 valence electrons. The van der Waals surface area contributed by atoms with Crippen LogP contribution in [0.4, 0.5) is 5.69 Å². The number of sulfonamides is 1. The van der Waals surface area contributed by atoms with Crippen molar-refractivity contribution in [3.8, 4) is 5.75 Å². The summed E-state index contributed by atoms with van der Waals surface area (Å²) in [5, 5.41) is 0. The number of benzene rings is 2. The monoisotopic (exact) mass is 472 g/mol. The third-order valence-corrected chi connectivity index (χ3v) is 7.21. The summed E-state index contributed by atoms with van der Waals surface area (Å²) in [6.45, 7) is 4.92. The SMILES string of the molecule is COc1ccc(S(=O)(=O)NC(C)C(=O)OCC(=O)C=C2N(C)c3ccccc3C2(C)C)cc1. The van der Waals surface area contributed by atoms with Gasteiger partial charge in [-0.3, -0.25) is 9.59 Å². The summed E-state index contributed by atoms with van der Waals surface area (Å²) in [7, 11) is -0.592. The summed E-state index contributed by atoms with van der Waals surface area (Å²) in [5.74, 6) is -0.731. The fourth-order valence-corrected chi connectivity index (χ4v) is 5.02. The number of hydrogen-bond donors (Lipinski definition) is 1. The summed E-state index contributed by atoms with van der Waals surface area (Å²) >= 11 is 0. The van der Waals surface area contributed by atoms with Crippen molar-refractivity contribution in [2.24, 2.45) is 0 Å². The van der Waals surface area contributed by atoms with E-state index in [0.29, 0.717) is 5.75 Å². The van der Waals surface area contributed by atoms with Gasteiger partial charge in [-0.2, -0.15) is 4.72 Å². The van der Waals surface area contributed by atoms with Gasteiger partial charge in [-0.05, 0) is 42.8 Å². The minimum absolute atomic E-state index is 0.0187. The zero-order valence-electron chi connectivity index (χ0n) is 19.3. The van der Waals surface area contributed by atoms with E-state index in [1.807, 2.05) is 50.1 Å². The number of allylic oxidation sites excluding steroid dienone is 1. The molecule has 0 fully saturated rings. The number of likely N-dealkylation sites (N-methyl/N-ethyl adjacent to an activating group) is 1. The molecule has 0 amide bonds. The smallest absolute Gasteiger partial charge is 0.324 e. The van der Waals surface area contributed by atoms with Crippen molar-refractivity contribution < 1.29 is 27.5 Å². The van der Waals surface area contributed by atoms with Crippen molar-refractivity contribution in [2.75, 3.05) is 25.7 Å². The lowest BCUT2D eigenvalue weighted by molar-refractivity contribution is -0.148. The number of ether oxygens (including phenoxy) is 2. The normalized spacial score (nSPS) is 16.9. The molecule has 1 aliphatic heterocycles. The molecule has 0 spiro atoms. The molecule has 0 bridgehead atoms. The van der Waals surface area contributed by atoms with Gasteiger partial charge in [0.15, 0.2) is 12.4 Å². The third kappa shape index (κ3) is 5.09. The van der Waals surface area contributed by atoms with E-state index in [4.69, 9.17) is 9.47 Å². The minimum atomic E-state index is -3.95. The molecule has 9 heteroatoms. The quantitative estimate of drug-likeness (QED) is 0.466. The number of methoxy groups -OCH3 is 1. The number of fused-ring (bicyclic) bond motifs is 1. The highest BCUT2D eigenvalue weighted by atomic mass is 32.2. The van der Waals surface area contributed by atoms with E-state index >= 15 is 0 Å². The van der Waals surface area contributed by atoms with Gasteiger partial charge in [-0.25, -0.2) is 8.42 Å². The number of rotatable bonds is 8. The largest absolute Gasteiger partial charge is 0.497 e. The number of hydrogen-bond acceptors (Lipinski definition) is 7. The predicted octanol–water partition coefficient (Wildman–Crippen LogP) is 2.79. The van der Waals surface area contributed by atoms with Gasteiger partial charge in [0.05, 0.1) is 12.0 Å². The Morgan fingerprint density at radius 3 is 2.36 bits per heavy atom. The molecule has 1 unspecified atom stereocenters. The second-order valence-electron chi connectivity index (χ2n) is 8.32. The molecular weight excluding hydrogens is 444 g/mol. The van der Waals surface area contributed by atoms with Crippen LogP contribution in [0.2, 0.25) is 0 Å². The van der Waals surface area contributed by atoms with E-state index in [0.717, 1.165) is 16.9 Å². The average molecular weight is 473 g/mol. The Morgan fingerprint density at radius 2 is 1.76 bits per heavy atom. The van der Waals surface area contributed by atoms with E-state index in [1.165, 1.54) is 44.4 Å². The van der Waals surface area contributed by atoms with Gasteiger partial charge < -0.3 is 14.4 Å². The predicted molar refractivity (Wildman–Crippen MR) is 125 cm³/mol. The van der Waals surface area contributed by atoms with Crippen LogP contribution < -0.4 is 14.4 Å². The number of anilines is 1. The maximum Gasteiger partial charge on any atom is 0.324 e. The highest BCUT2D eigenvalue weighted by Gasteiger charge is 2.38. The molecule has 33 heavy (non-hydrogen) atoms. The number of carbonyl (C=O) groups is 2. The standard InChI is InChI=1S/C24H28N2O6S/c1-16(25-33(29,30)19-12-10-18(31-5)11-13-19)23(28)32-15-17(27)14-22-24(2,3)20-8-6-7-9-21(20)26(22)4/h6-14,16,25H,15H2,1-5H3. The molecular formula is C24H28N2O6S. The topological polar surface area (TPSA) is 102 Å². The molecule has 0 aromatic heterocycles. The van der Waals surface area contributed by atoms with Crippen molar-refractivity contribution in [1.82, 2.24) is 4.72 Å². The molecule has 3 rings (SSSR count). The number of nitrogens with zero attached hydrogens (tertiary/aromatic N) is 1. The zero-order chi connectivity index (χ0) is 24.4. The van der Waals surface area contributed by atoms with Crippen LogP contribution in [-0.2, 0) is 29.8 Å². The minimum Gasteiger partial charge on any atom is -0.497 e. The lowest BCUT2D eigenvalue weighted by Crippen LogP contribution is -2.40. The highest BCUT2D eigenvalue weighted by Crippen LogP contribution is 2.46. The fourth-order valence-electron chi connectivity index (χ4n) is 3.82. The van der Waals surface area contributed by atoms with Crippen LogP contribution in [0.3, 0.4) is 0 Å². The molecule has 2 aromatic rings. The molecule has 0 saturated heterocycles. The molecule has 0 aliphatic carbocycles. The first-order chi connectivity index (χ1) is 15.5. The Balaban J connectivity index is 1.61. The first-order valence-corrected chi connectivity index (χ1v) is 11.9. The third-order valence-electron chi connectivity index (χ3n) is 5.65. The van der Waals surface area contributed by atoms with E-state index in [9.17, 15) is 18.0 Å². The number of esters is 1. The van der Waals surface area contributed by atoms with Gasteiger partial charge in [0, 0.05) is 29.9 Å². The van der Waals surface area contributed by atoms with E-state index in [2.05, 4.69) is 4.72 Å². The molecule has 1 N–H and O–H groups in total.